The lowest BCUT2D eigenvalue weighted by Crippen LogP contribution is -2.13. The summed E-state index contributed by atoms with van der Waals surface area (Å²) < 4.78 is 33.8. The quantitative estimate of drug-likeness (QED) is 0.901. The molecule has 2 heterocycles. The number of benzene rings is 1. The second-order valence-corrected chi connectivity index (χ2v) is 7.22. The van der Waals surface area contributed by atoms with Crippen molar-refractivity contribution in [1.29, 1.82) is 0 Å². The van der Waals surface area contributed by atoms with E-state index >= 15 is 0 Å². The lowest BCUT2D eigenvalue weighted by molar-refractivity contribution is 0.0893. The Balaban J connectivity index is 1.74. The lowest BCUT2D eigenvalue weighted by Gasteiger charge is -2.04. The zero-order valence-electron chi connectivity index (χ0n) is 12.4. The predicted molar refractivity (Wildman–Crippen MR) is 79.7 cm³/mol. The van der Waals surface area contributed by atoms with Crippen molar-refractivity contribution in [3.63, 3.8) is 0 Å². The fourth-order valence-electron chi connectivity index (χ4n) is 2.22. The van der Waals surface area contributed by atoms with Crippen LogP contribution in [0.1, 0.15) is 35.2 Å². The number of carbonyl (C=O) groups is 1. The molecular formula is C14H15N3O5S. The summed E-state index contributed by atoms with van der Waals surface area (Å²) in [5, 5.41) is 10.1. The Morgan fingerprint density at radius 2 is 2.17 bits per heavy atom. The summed E-state index contributed by atoms with van der Waals surface area (Å²) in [6.07, 6.45) is 2.57. The van der Waals surface area contributed by atoms with E-state index in [-0.39, 0.29) is 22.6 Å². The highest BCUT2D eigenvalue weighted by Gasteiger charge is 2.24. The third kappa shape index (κ3) is 3.57. The molecule has 1 aromatic carbocycles. The molecule has 0 aliphatic carbocycles. The van der Waals surface area contributed by atoms with Crippen LogP contribution in [0, 0.1) is 0 Å². The summed E-state index contributed by atoms with van der Waals surface area (Å²) in [6.45, 7) is 0.646. The van der Waals surface area contributed by atoms with Gasteiger partial charge in [-0.05, 0) is 31.0 Å². The highest BCUT2D eigenvalue weighted by atomic mass is 32.2. The maximum atomic E-state index is 12.2. The molecule has 1 N–H and O–H groups in total. The van der Waals surface area contributed by atoms with Crippen LogP contribution in [0.25, 0.3) is 0 Å². The number of nitrogens with one attached hydrogen (secondary N) is 1. The van der Waals surface area contributed by atoms with Gasteiger partial charge in [-0.2, -0.15) is 0 Å². The van der Waals surface area contributed by atoms with Crippen molar-refractivity contribution in [2.24, 2.45) is 0 Å². The molecule has 1 aliphatic heterocycles. The zero-order chi connectivity index (χ0) is 16.4. The molecule has 3 rings (SSSR count). The Labute approximate surface area is 132 Å². The molecule has 0 saturated carbocycles. The van der Waals surface area contributed by atoms with Gasteiger partial charge < -0.3 is 9.15 Å². The number of ether oxygens (including phenoxy) is 1. The van der Waals surface area contributed by atoms with E-state index in [0.29, 0.717) is 12.5 Å². The van der Waals surface area contributed by atoms with Crippen LogP contribution in [-0.2, 0) is 14.6 Å². The summed E-state index contributed by atoms with van der Waals surface area (Å²) in [5.74, 6) is -0.208. The fourth-order valence-corrected chi connectivity index (χ4v) is 2.89. The average molecular weight is 337 g/mol. The monoisotopic (exact) mass is 337 g/mol. The number of aromatic nitrogens is 2. The standard InChI is InChI=1S/C14H15N3O5S/c1-23(19,20)10-5-2-4-9(8-10)12(18)15-14-17-16-13(22-14)11-6-3-7-21-11/h2,4-5,8,11H,3,6-7H2,1H3,(H,15,17,18). The number of hydrogen-bond donors (Lipinski definition) is 1. The molecule has 0 radical (unpaired) electrons. The van der Waals surface area contributed by atoms with Gasteiger partial charge in [-0.25, -0.2) is 8.42 Å². The third-order valence-electron chi connectivity index (χ3n) is 3.39. The summed E-state index contributed by atoms with van der Waals surface area (Å²) in [4.78, 5) is 12.2. The van der Waals surface area contributed by atoms with Crippen molar-refractivity contribution < 1.29 is 22.4 Å². The third-order valence-corrected chi connectivity index (χ3v) is 4.50. The van der Waals surface area contributed by atoms with Crippen LogP contribution in [0.4, 0.5) is 6.01 Å². The largest absolute Gasteiger partial charge is 0.405 e. The first-order valence-corrected chi connectivity index (χ1v) is 8.89. The van der Waals surface area contributed by atoms with Crippen molar-refractivity contribution in [2.45, 2.75) is 23.8 Å². The van der Waals surface area contributed by atoms with Crippen molar-refractivity contribution in [1.82, 2.24) is 10.2 Å². The van der Waals surface area contributed by atoms with Crippen LogP contribution in [0.15, 0.2) is 33.6 Å². The minimum atomic E-state index is -3.39. The van der Waals surface area contributed by atoms with E-state index in [2.05, 4.69) is 15.5 Å². The number of amides is 1. The molecule has 9 heteroatoms. The van der Waals surface area contributed by atoms with Gasteiger partial charge in [-0.3, -0.25) is 10.1 Å². The molecular weight excluding hydrogens is 322 g/mol. The molecule has 1 fully saturated rings. The van der Waals surface area contributed by atoms with Gasteiger partial charge in [0.15, 0.2) is 9.84 Å². The summed E-state index contributed by atoms with van der Waals surface area (Å²) >= 11 is 0. The van der Waals surface area contributed by atoms with Gasteiger partial charge >= 0.3 is 6.01 Å². The topological polar surface area (TPSA) is 111 Å². The second-order valence-electron chi connectivity index (χ2n) is 5.20. The Hall–Kier alpha value is -2.26. The second kappa shape index (κ2) is 6.09. The highest BCUT2D eigenvalue weighted by Crippen LogP contribution is 2.28. The smallest absolute Gasteiger partial charge is 0.322 e. The molecule has 23 heavy (non-hydrogen) atoms. The van der Waals surface area contributed by atoms with E-state index in [1.807, 2.05) is 0 Å². The Bertz CT molecular complexity index is 824. The molecule has 2 aromatic rings. The number of carbonyl (C=O) groups excluding carboxylic acids is 1. The molecule has 0 bridgehead atoms. The van der Waals surface area contributed by atoms with Gasteiger partial charge in [0.05, 0.1) is 4.90 Å². The Morgan fingerprint density at radius 1 is 1.35 bits per heavy atom. The van der Waals surface area contributed by atoms with Gasteiger partial charge in [0.25, 0.3) is 5.91 Å². The number of anilines is 1. The fraction of sp³-hybridized carbons (Fsp3) is 0.357. The van der Waals surface area contributed by atoms with E-state index in [9.17, 15) is 13.2 Å². The minimum Gasteiger partial charge on any atom is -0.405 e. The maximum absolute atomic E-state index is 12.2. The predicted octanol–water partition coefficient (Wildman–Crippen LogP) is 1.58. The lowest BCUT2D eigenvalue weighted by atomic mass is 10.2. The minimum absolute atomic E-state index is 0.0507. The molecule has 122 valence electrons. The van der Waals surface area contributed by atoms with E-state index in [0.717, 1.165) is 19.1 Å². The van der Waals surface area contributed by atoms with Crippen molar-refractivity contribution in [2.75, 3.05) is 18.2 Å². The van der Waals surface area contributed by atoms with Crippen LogP contribution in [0.2, 0.25) is 0 Å². The first-order chi connectivity index (χ1) is 10.9. The number of sulfone groups is 1. The molecule has 1 aromatic heterocycles. The van der Waals surface area contributed by atoms with Crippen molar-refractivity contribution in [3.8, 4) is 0 Å². The molecule has 0 spiro atoms. The maximum Gasteiger partial charge on any atom is 0.322 e. The van der Waals surface area contributed by atoms with Gasteiger partial charge in [0, 0.05) is 18.4 Å². The molecule has 1 amide bonds. The molecule has 1 aliphatic rings. The summed E-state index contributed by atoms with van der Waals surface area (Å²) in [7, 11) is -3.39. The van der Waals surface area contributed by atoms with E-state index in [1.54, 1.807) is 0 Å². The highest BCUT2D eigenvalue weighted by molar-refractivity contribution is 7.90. The van der Waals surface area contributed by atoms with Crippen molar-refractivity contribution >= 4 is 21.8 Å². The Kier molecular flexibility index (Phi) is 4.14. The molecule has 1 atom stereocenters. The number of rotatable bonds is 4. The van der Waals surface area contributed by atoms with Gasteiger partial charge in [0.2, 0.25) is 5.89 Å². The molecule has 1 saturated heterocycles. The van der Waals surface area contributed by atoms with E-state index in [4.69, 9.17) is 9.15 Å². The summed E-state index contributed by atoms with van der Waals surface area (Å²) in [5.41, 5.74) is 0.185. The summed E-state index contributed by atoms with van der Waals surface area (Å²) in [6, 6.07) is 5.67. The van der Waals surface area contributed by atoms with Crippen LogP contribution in [0.5, 0.6) is 0 Å². The first-order valence-electron chi connectivity index (χ1n) is 7.00. The van der Waals surface area contributed by atoms with Crippen LogP contribution in [0.3, 0.4) is 0 Å². The number of hydrogen-bond acceptors (Lipinski definition) is 7. The van der Waals surface area contributed by atoms with Crippen molar-refractivity contribution in [3.05, 3.63) is 35.7 Å². The van der Waals surface area contributed by atoms with E-state index < -0.39 is 15.7 Å². The Morgan fingerprint density at radius 3 is 2.87 bits per heavy atom. The SMILES string of the molecule is CS(=O)(=O)c1cccc(C(=O)Nc2nnc(C3CCCO3)o2)c1. The zero-order valence-corrected chi connectivity index (χ0v) is 13.2. The van der Waals surface area contributed by atoms with E-state index in [1.165, 1.54) is 24.3 Å². The van der Waals surface area contributed by atoms with Gasteiger partial charge in [0.1, 0.15) is 6.10 Å². The van der Waals surface area contributed by atoms with Gasteiger partial charge in [-0.1, -0.05) is 11.2 Å². The normalized spacial score (nSPS) is 18.0. The average Bonchev–Trinajstić information content (AvgIpc) is 3.17. The number of nitrogens with zero attached hydrogens (tertiary/aromatic N) is 2. The molecule has 1 unspecified atom stereocenters. The molecule has 8 nitrogen and oxygen atoms in total. The van der Waals surface area contributed by atoms with Crippen LogP contribution in [-0.4, -0.2) is 37.4 Å². The van der Waals surface area contributed by atoms with Crippen LogP contribution < -0.4 is 5.32 Å². The van der Waals surface area contributed by atoms with Crippen LogP contribution >= 0.6 is 0 Å². The van der Waals surface area contributed by atoms with Gasteiger partial charge in [-0.15, -0.1) is 5.10 Å². The first kappa shape index (κ1) is 15.6.